The van der Waals surface area contributed by atoms with Crippen LogP contribution in [0.25, 0.3) is 10.8 Å². The minimum Gasteiger partial charge on any atom is -0.482 e. The van der Waals surface area contributed by atoms with Gasteiger partial charge in [0, 0.05) is 18.5 Å². The van der Waals surface area contributed by atoms with Crippen molar-refractivity contribution < 1.29 is 27.9 Å². The molecule has 1 N–H and O–H groups in total. The molecule has 0 unspecified atom stereocenters. The van der Waals surface area contributed by atoms with E-state index in [2.05, 4.69) is 0 Å². The van der Waals surface area contributed by atoms with Gasteiger partial charge in [0.1, 0.15) is 11.3 Å². The van der Waals surface area contributed by atoms with Gasteiger partial charge >= 0.3 is 5.97 Å². The van der Waals surface area contributed by atoms with Crippen LogP contribution in [0, 0.1) is 0 Å². The van der Waals surface area contributed by atoms with Crippen LogP contribution in [0.15, 0.2) is 36.4 Å². The number of rotatable bonds is 5. The van der Waals surface area contributed by atoms with E-state index in [0.717, 1.165) is 5.39 Å². The molecule has 8 heteroatoms. The highest BCUT2D eigenvalue weighted by atomic mass is 32.2. The lowest BCUT2D eigenvalue weighted by Crippen LogP contribution is -2.40. The van der Waals surface area contributed by atoms with Gasteiger partial charge in [-0.05, 0) is 17.9 Å². The van der Waals surface area contributed by atoms with Crippen LogP contribution < -0.4 is 4.74 Å². The Balaban J connectivity index is 1.80. The maximum atomic E-state index is 12.4. The molecular weight excluding hydrogens is 358 g/mol. The fourth-order valence-corrected chi connectivity index (χ4v) is 4.86. The Bertz CT molecular complexity index is 969. The van der Waals surface area contributed by atoms with E-state index in [1.165, 1.54) is 11.0 Å². The van der Waals surface area contributed by atoms with Crippen LogP contribution in [0.5, 0.6) is 5.75 Å². The third kappa shape index (κ3) is 3.65. The van der Waals surface area contributed by atoms with Crippen LogP contribution >= 0.6 is 0 Å². The molecule has 1 fully saturated rings. The smallest absolute Gasteiger partial charge is 0.339 e. The normalized spacial score (nSPS) is 18.6. The number of carbonyl (C=O) groups excluding carboxylic acids is 1. The van der Waals surface area contributed by atoms with E-state index in [9.17, 15) is 23.1 Å². The molecule has 1 atom stereocenters. The number of likely N-dealkylation sites (N-methyl/N-ethyl adjacent to an activating group) is 1. The highest BCUT2D eigenvalue weighted by Crippen LogP contribution is 2.30. The fraction of sp³-hybridized carbons (Fsp3) is 0.333. The molecule has 0 aliphatic carbocycles. The zero-order valence-electron chi connectivity index (χ0n) is 14.2. The lowest BCUT2D eigenvalue weighted by molar-refractivity contribution is -0.133. The van der Waals surface area contributed by atoms with Crippen molar-refractivity contribution in [2.45, 2.75) is 12.5 Å². The number of fused-ring (bicyclic) bond motifs is 1. The zero-order valence-corrected chi connectivity index (χ0v) is 15.0. The summed E-state index contributed by atoms with van der Waals surface area (Å²) in [6.45, 7) is -0.360. The predicted octanol–water partition coefficient (Wildman–Crippen LogP) is 1.56. The number of hydrogen-bond acceptors (Lipinski definition) is 5. The molecule has 1 heterocycles. The second-order valence-corrected chi connectivity index (χ2v) is 8.55. The molecule has 3 rings (SSSR count). The van der Waals surface area contributed by atoms with Crippen LogP contribution in [0.3, 0.4) is 0 Å². The minimum absolute atomic E-state index is 0.0254. The molecule has 0 bridgehead atoms. The van der Waals surface area contributed by atoms with Crippen molar-refractivity contribution in [3.05, 3.63) is 42.0 Å². The van der Waals surface area contributed by atoms with E-state index in [4.69, 9.17) is 4.74 Å². The lowest BCUT2D eigenvalue weighted by Gasteiger charge is -2.23. The van der Waals surface area contributed by atoms with E-state index in [1.807, 2.05) is 12.1 Å². The Kier molecular flexibility index (Phi) is 4.86. The molecule has 0 aromatic heterocycles. The van der Waals surface area contributed by atoms with Crippen molar-refractivity contribution in [2.75, 3.05) is 25.2 Å². The molecular formula is C18H19NO6S. The SMILES string of the molecule is CN(C(=O)COc1c(C(=O)O)ccc2ccccc12)[C@@H]1CCS(=O)(=O)C1. The van der Waals surface area contributed by atoms with Gasteiger partial charge in [0.25, 0.3) is 5.91 Å². The first-order valence-corrected chi connectivity index (χ1v) is 9.94. The number of aromatic carboxylic acids is 1. The molecule has 138 valence electrons. The van der Waals surface area contributed by atoms with Crippen LogP contribution in [0.4, 0.5) is 0 Å². The van der Waals surface area contributed by atoms with Gasteiger partial charge in [0.2, 0.25) is 0 Å². The third-order valence-electron chi connectivity index (χ3n) is 4.60. The van der Waals surface area contributed by atoms with Crippen molar-refractivity contribution >= 4 is 32.5 Å². The summed E-state index contributed by atoms with van der Waals surface area (Å²) in [5.74, 6) is -1.38. The Morgan fingerprint density at radius 1 is 1.23 bits per heavy atom. The van der Waals surface area contributed by atoms with Gasteiger partial charge in [-0.2, -0.15) is 0 Å². The molecule has 0 saturated carbocycles. The van der Waals surface area contributed by atoms with Crippen LogP contribution in [0.1, 0.15) is 16.8 Å². The molecule has 1 aliphatic rings. The average Bonchev–Trinajstić information content (AvgIpc) is 2.98. The molecule has 1 saturated heterocycles. The van der Waals surface area contributed by atoms with Gasteiger partial charge in [-0.15, -0.1) is 0 Å². The monoisotopic (exact) mass is 377 g/mol. The van der Waals surface area contributed by atoms with Crippen molar-refractivity contribution in [3.63, 3.8) is 0 Å². The first kappa shape index (κ1) is 18.2. The Hall–Kier alpha value is -2.61. The van der Waals surface area contributed by atoms with Gasteiger partial charge in [0.05, 0.1) is 11.5 Å². The number of sulfone groups is 1. The summed E-state index contributed by atoms with van der Waals surface area (Å²) in [7, 11) is -1.56. The van der Waals surface area contributed by atoms with E-state index in [-0.39, 0.29) is 35.5 Å². The van der Waals surface area contributed by atoms with Crippen molar-refractivity contribution in [3.8, 4) is 5.75 Å². The number of amides is 1. The molecule has 26 heavy (non-hydrogen) atoms. The Labute approximate surface area is 151 Å². The van der Waals surface area contributed by atoms with Crippen molar-refractivity contribution in [2.24, 2.45) is 0 Å². The summed E-state index contributed by atoms with van der Waals surface area (Å²) >= 11 is 0. The van der Waals surface area contributed by atoms with E-state index < -0.39 is 21.7 Å². The van der Waals surface area contributed by atoms with Crippen LogP contribution in [0.2, 0.25) is 0 Å². The Morgan fingerprint density at radius 3 is 2.62 bits per heavy atom. The number of benzene rings is 2. The second-order valence-electron chi connectivity index (χ2n) is 6.32. The molecule has 0 spiro atoms. The second kappa shape index (κ2) is 6.95. The summed E-state index contributed by atoms with van der Waals surface area (Å²) in [5, 5.41) is 10.8. The van der Waals surface area contributed by atoms with Gasteiger partial charge in [0.15, 0.2) is 16.4 Å². The highest BCUT2D eigenvalue weighted by Gasteiger charge is 2.33. The summed E-state index contributed by atoms with van der Waals surface area (Å²) in [6, 6.07) is 9.90. The standard InChI is InChI=1S/C18H19NO6S/c1-19(13-8-9-26(23,24)11-13)16(20)10-25-17-14-5-3-2-4-12(14)6-7-15(17)18(21)22/h2-7,13H,8-11H2,1H3,(H,21,22)/t13-/m1/s1. The summed E-state index contributed by atoms with van der Waals surface area (Å²) in [4.78, 5) is 25.2. The minimum atomic E-state index is -3.10. The number of nitrogens with zero attached hydrogens (tertiary/aromatic N) is 1. The predicted molar refractivity (Wildman–Crippen MR) is 96.2 cm³/mol. The average molecular weight is 377 g/mol. The largest absolute Gasteiger partial charge is 0.482 e. The van der Waals surface area contributed by atoms with E-state index in [1.54, 1.807) is 25.2 Å². The van der Waals surface area contributed by atoms with E-state index in [0.29, 0.717) is 11.8 Å². The number of carbonyl (C=O) groups is 2. The third-order valence-corrected chi connectivity index (χ3v) is 6.35. The highest BCUT2D eigenvalue weighted by molar-refractivity contribution is 7.91. The molecule has 1 aliphatic heterocycles. The van der Waals surface area contributed by atoms with Crippen molar-refractivity contribution in [1.82, 2.24) is 4.90 Å². The van der Waals surface area contributed by atoms with Crippen LogP contribution in [-0.2, 0) is 14.6 Å². The molecule has 0 radical (unpaired) electrons. The molecule has 2 aromatic rings. The van der Waals surface area contributed by atoms with E-state index >= 15 is 0 Å². The van der Waals surface area contributed by atoms with Gasteiger partial charge < -0.3 is 14.7 Å². The maximum absolute atomic E-state index is 12.4. The summed E-state index contributed by atoms with van der Waals surface area (Å²) in [6.07, 6.45) is 0.402. The van der Waals surface area contributed by atoms with Gasteiger partial charge in [-0.25, -0.2) is 13.2 Å². The fourth-order valence-electron chi connectivity index (χ4n) is 3.09. The topological polar surface area (TPSA) is 101 Å². The molecule has 2 aromatic carbocycles. The quantitative estimate of drug-likeness (QED) is 0.849. The summed E-state index contributed by atoms with van der Waals surface area (Å²) in [5.41, 5.74) is -0.0254. The van der Waals surface area contributed by atoms with Gasteiger partial charge in [-0.1, -0.05) is 30.3 Å². The van der Waals surface area contributed by atoms with Gasteiger partial charge in [-0.3, -0.25) is 4.79 Å². The Morgan fingerprint density at radius 2 is 1.96 bits per heavy atom. The molecule has 7 nitrogen and oxygen atoms in total. The maximum Gasteiger partial charge on any atom is 0.339 e. The van der Waals surface area contributed by atoms with Crippen molar-refractivity contribution in [1.29, 1.82) is 0 Å². The zero-order chi connectivity index (χ0) is 18.9. The summed E-state index contributed by atoms with van der Waals surface area (Å²) < 4.78 is 28.7. The first-order chi connectivity index (χ1) is 12.3. The first-order valence-electron chi connectivity index (χ1n) is 8.12. The number of carboxylic acids is 1. The van der Waals surface area contributed by atoms with Crippen LogP contribution in [-0.4, -0.2) is 61.5 Å². The number of hydrogen-bond donors (Lipinski definition) is 1. The number of ether oxygens (including phenoxy) is 1. The molecule has 1 amide bonds. The number of carboxylic acid groups (broad SMARTS) is 1. The lowest BCUT2D eigenvalue weighted by atomic mass is 10.1.